The summed E-state index contributed by atoms with van der Waals surface area (Å²) in [6.45, 7) is 4.72. The van der Waals surface area contributed by atoms with Crippen molar-refractivity contribution in [2.75, 3.05) is 48.7 Å². The first-order chi connectivity index (χ1) is 27.1. The molecule has 1 atom stereocenters. The van der Waals surface area contributed by atoms with Gasteiger partial charge in [-0.15, -0.1) is 0 Å². The molecule has 0 radical (unpaired) electrons. The molecule has 4 aliphatic heterocycles. The largest absolute Gasteiger partial charge is 0.454 e. The summed E-state index contributed by atoms with van der Waals surface area (Å²) < 4.78 is 5.99. The van der Waals surface area contributed by atoms with E-state index in [0.29, 0.717) is 44.8 Å². The minimum absolute atomic E-state index is 0.0919. The first-order valence-corrected chi connectivity index (χ1v) is 19.4. The zero-order valence-electron chi connectivity index (χ0n) is 30.4. The number of anilines is 3. The molecule has 2 aromatic carbocycles. The van der Waals surface area contributed by atoms with Gasteiger partial charge in [0.1, 0.15) is 23.3 Å². The molecule has 0 saturated carbocycles. The van der Waals surface area contributed by atoms with Crippen LogP contribution in [0.15, 0.2) is 70.0 Å². The van der Waals surface area contributed by atoms with E-state index in [9.17, 15) is 24.0 Å². The molecule has 3 aromatic heterocycles. The molecule has 3 saturated heterocycles. The summed E-state index contributed by atoms with van der Waals surface area (Å²) in [5.41, 5.74) is 9.71. The van der Waals surface area contributed by atoms with E-state index < -0.39 is 29.7 Å². The van der Waals surface area contributed by atoms with Crippen molar-refractivity contribution in [2.24, 2.45) is 5.92 Å². The van der Waals surface area contributed by atoms with Crippen LogP contribution in [-0.4, -0.2) is 88.2 Å². The molecular weight excluding hydrogens is 736 g/mol. The zero-order valence-corrected chi connectivity index (χ0v) is 31.2. The Morgan fingerprint density at radius 2 is 1.64 bits per heavy atom. The van der Waals surface area contributed by atoms with Crippen LogP contribution in [0.1, 0.15) is 59.2 Å². The number of imide groups is 2. The number of fused-ring (bicyclic) bond motifs is 3. The lowest BCUT2D eigenvalue weighted by Gasteiger charge is -2.38. The summed E-state index contributed by atoms with van der Waals surface area (Å²) in [5, 5.41) is 6.41. The van der Waals surface area contributed by atoms with Crippen molar-refractivity contribution in [3.63, 3.8) is 0 Å². The Kier molecular flexibility index (Phi) is 9.17. The van der Waals surface area contributed by atoms with Crippen molar-refractivity contribution in [1.82, 2.24) is 25.1 Å². The number of carbonyl (C=O) groups is 4. The van der Waals surface area contributed by atoms with Crippen LogP contribution in [0, 0.1) is 5.92 Å². The summed E-state index contributed by atoms with van der Waals surface area (Å²) in [6.07, 6.45) is 6.02. The van der Waals surface area contributed by atoms with Gasteiger partial charge in [0, 0.05) is 68.2 Å². The lowest BCUT2D eigenvalue weighted by atomic mass is 9.94. The van der Waals surface area contributed by atoms with Crippen LogP contribution in [0.5, 0.6) is 0 Å². The fraction of sp³-hybridized carbons (Fsp3) is 0.341. The lowest BCUT2D eigenvalue weighted by Crippen LogP contribution is -2.54. The molecule has 0 bridgehead atoms. The Morgan fingerprint density at radius 1 is 0.857 bits per heavy atom. The first-order valence-electron chi connectivity index (χ1n) is 19.0. The highest BCUT2D eigenvalue weighted by atomic mass is 35.5. The Bertz CT molecular complexity index is 2490. The number of piperidine rings is 3. The average molecular weight is 775 g/mol. The predicted octanol–water partition coefficient (Wildman–Crippen LogP) is 4.83. The summed E-state index contributed by atoms with van der Waals surface area (Å²) in [4.78, 5) is 78.4. The molecule has 3 fully saturated rings. The highest BCUT2D eigenvalue weighted by Gasteiger charge is 2.45. The van der Waals surface area contributed by atoms with Crippen molar-refractivity contribution in [3.05, 3.63) is 87.2 Å². The zero-order chi connectivity index (χ0) is 38.7. The number of halogens is 1. The number of benzene rings is 2. The highest BCUT2D eigenvalue weighted by Crippen LogP contribution is 2.34. The van der Waals surface area contributed by atoms with Crippen LogP contribution >= 0.6 is 11.6 Å². The van der Waals surface area contributed by atoms with E-state index in [-0.39, 0.29) is 35.0 Å². The topological polar surface area (TPSA) is 184 Å². The van der Waals surface area contributed by atoms with Gasteiger partial charge in [-0.2, -0.15) is 0 Å². The van der Waals surface area contributed by atoms with Gasteiger partial charge < -0.3 is 25.3 Å². The predicted molar refractivity (Wildman–Crippen MR) is 212 cm³/mol. The Balaban J connectivity index is 0.763. The fourth-order valence-corrected chi connectivity index (χ4v) is 8.78. The SMILES string of the molecule is Nc1nc2c(=O)c3c(Cl)cccc3oc2cc1-c1ccc(NC2CCN(CC3CCN(c4ccc5c(c4)C(=O)N(C4CCC(=O)NC4=O)C5=O)CC3)CC2)nc1. The number of rotatable bonds is 7. The Morgan fingerprint density at radius 3 is 2.39 bits per heavy atom. The number of amides is 4. The summed E-state index contributed by atoms with van der Waals surface area (Å²) in [5.74, 6) is -0.427. The van der Waals surface area contributed by atoms with E-state index in [1.807, 2.05) is 18.2 Å². The van der Waals surface area contributed by atoms with Gasteiger partial charge in [0.05, 0.1) is 21.5 Å². The monoisotopic (exact) mass is 774 g/mol. The number of nitrogens with one attached hydrogen (secondary N) is 2. The maximum absolute atomic E-state index is 13.3. The molecule has 4 N–H and O–H groups in total. The van der Waals surface area contributed by atoms with Crippen molar-refractivity contribution in [2.45, 2.75) is 50.6 Å². The number of likely N-dealkylation sites (tertiary alicyclic amines) is 1. The van der Waals surface area contributed by atoms with E-state index in [1.165, 1.54) is 0 Å². The van der Waals surface area contributed by atoms with E-state index in [1.54, 1.807) is 42.6 Å². The van der Waals surface area contributed by atoms with Crippen LogP contribution < -0.4 is 26.7 Å². The molecule has 0 aliphatic carbocycles. The lowest BCUT2D eigenvalue weighted by molar-refractivity contribution is -0.136. The van der Waals surface area contributed by atoms with Crippen LogP contribution in [0.2, 0.25) is 5.02 Å². The van der Waals surface area contributed by atoms with Crippen LogP contribution in [0.4, 0.5) is 17.3 Å². The second-order valence-electron chi connectivity index (χ2n) is 15.1. The van der Waals surface area contributed by atoms with Gasteiger partial charge in [-0.1, -0.05) is 17.7 Å². The number of nitrogens with two attached hydrogens (primary N) is 1. The number of hydrogen-bond acceptors (Lipinski definition) is 12. The molecule has 286 valence electrons. The average Bonchev–Trinajstić information content (AvgIpc) is 3.44. The first kappa shape index (κ1) is 35.8. The fourth-order valence-electron chi connectivity index (χ4n) is 8.53. The smallest absolute Gasteiger partial charge is 0.262 e. The minimum atomic E-state index is -0.972. The number of pyridine rings is 2. The summed E-state index contributed by atoms with van der Waals surface area (Å²) in [7, 11) is 0. The highest BCUT2D eigenvalue weighted by molar-refractivity contribution is 6.35. The maximum Gasteiger partial charge on any atom is 0.262 e. The van der Waals surface area contributed by atoms with Crippen LogP contribution in [0.3, 0.4) is 0 Å². The second-order valence-corrected chi connectivity index (χ2v) is 15.5. The summed E-state index contributed by atoms with van der Waals surface area (Å²) in [6, 6.07) is 15.3. The molecule has 5 aromatic rings. The van der Waals surface area contributed by atoms with Crippen LogP contribution in [0.25, 0.3) is 33.2 Å². The minimum Gasteiger partial charge on any atom is -0.454 e. The maximum atomic E-state index is 13.3. The van der Waals surface area contributed by atoms with Crippen molar-refractivity contribution < 1.29 is 23.6 Å². The molecule has 7 heterocycles. The van der Waals surface area contributed by atoms with E-state index in [2.05, 4.69) is 30.4 Å². The number of nitrogen functional groups attached to an aromatic ring is 1. The van der Waals surface area contributed by atoms with E-state index in [4.69, 9.17) is 21.8 Å². The molecule has 1 unspecified atom stereocenters. The molecular formula is C41H39ClN8O6. The van der Waals surface area contributed by atoms with Gasteiger partial charge >= 0.3 is 0 Å². The van der Waals surface area contributed by atoms with Gasteiger partial charge in [-0.3, -0.25) is 34.2 Å². The number of nitrogens with zero attached hydrogens (tertiary/aromatic N) is 5. The van der Waals surface area contributed by atoms with E-state index in [0.717, 1.165) is 80.4 Å². The summed E-state index contributed by atoms with van der Waals surface area (Å²) >= 11 is 6.26. The standard InChI is InChI=1S/C41H39ClN8O6/c42-29-2-1-3-31-35(29)37(52)36-32(56-31)19-27(38(43)47-36)23-4-8-33(44-20-23)45-24-12-14-48(15-13-24)21-22-10-16-49(17-11-22)25-5-6-26-28(18-25)41(55)50(40(26)54)30-7-9-34(51)46-39(30)53/h1-6,8,18-20,22,24,30H,7,9-17,21H2,(H2,43,47)(H,44,45)(H,46,51,53). The van der Waals surface area contributed by atoms with Crippen molar-refractivity contribution in [1.29, 1.82) is 0 Å². The van der Waals surface area contributed by atoms with Gasteiger partial charge in [-0.25, -0.2) is 9.97 Å². The quantitative estimate of drug-likeness (QED) is 0.151. The van der Waals surface area contributed by atoms with E-state index >= 15 is 0 Å². The van der Waals surface area contributed by atoms with Crippen molar-refractivity contribution in [3.8, 4) is 11.1 Å². The molecule has 14 nitrogen and oxygen atoms in total. The third-order valence-electron chi connectivity index (χ3n) is 11.6. The second kappa shape index (κ2) is 14.3. The third-order valence-corrected chi connectivity index (χ3v) is 11.9. The number of carbonyl (C=O) groups excluding carboxylic acids is 4. The van der Waals surface area contributed by atoms with Crippen LogP contribution in [-0.2, 0) is 9.59 Å². The normalized spacial score (nSPS) is 19.9. The van der Waals surface area contributed by atoms with Gasteiger partial charge in [0.2, 0.25) is 17.2 Å². The van der Waals surface area contributed by atoms with Gasteiger partial charge in [0.25, 0.3) is 11.8 Å². The van der Waals surface area contributed by atoms with Gasteiger partial charge in [-0.05, 0) is 86.6 Å². The molecule has 4 aliphatic rings. The molecule has 15 heteroatoms. The number of hydrogen-bond donors (Lipinski definition) is 3. The Labute approximate surface area is 326 Å². The van der Waals surface area contributed by atoms with Gasteiger partial charge in [0.15, 0.2) is 11.1 Å². The molecule has 0 spiro atoms. The Hall–Kier alpha value is -5.86. The molecule has 56 heavy (non-hydrogen) atoms. The number of aromatic nitrogens is 2. The molecule has 4 amide bonds. The van der Waals surface area contributed by atoms with Crippen molar-refractivity contribution >= 4 is 74.6 Å². The molecule has 9 rings (SSSR count). The third kappa shape index (κ3) is 6.52.